The summed E-state index contributed by atoms with van der Waals surface area (Å²) >= 11 is 0. The lowest BCUT2D eigenvalue weighted by molar-refractivity contribution is -0.117. The Hall–Kier alpha value is -2.38. The normalized spacial score (nSPS) is 17.7. The van der Waals surface area contributed by atoms with Crippen LogP contribution in [0.15, 0.2) is 53.4 Å². The Kier molecular flexibility index (Phi) is 6.92. The minimum Gasteiger partial charge on any atom is -0.494 e. The Morgan fingerprint density at radius 3 is 2.45 bits per heavy atom. The molecule has 1 aliphatic rings. The summed E-state index contributed by atoms with van der Waals surface area (Å²) in [7, 11) is -3.62. The molecular weight excluding hydrogens is 388 g/mol. The van der Waals surface area contributed by atoms with E-state index in [1.807, 2.05) is 13.8 Å². The third kappa shape index (κ3) is 5.36. The lowest BCUT2D eigenvalue weighted by atomic mass is 10.0. The van der Waals surface area contributed by atoms with E-state index >= 15 is 0 Å². The fourth-order valence-electron chi connectivity index (χ4n) is 3.57. The number of carbonyl (C=O) groups excluding carboxylic acids is 1. The Morgan fingerprint density at radius 2 is 1.79 bits per heavy atom. The number of hydrogen-bond acceptors (Lipinski definition) is 4. The van der Waals surface area contributed by atoms with Crippen molar-refractivity contribution < 1.29 is 17.9 Å². The Bertz CT molecular complexity index is 924. The van der Waals surface area contributed by atoms with E-state index in [4.69, 9.17) is 4.74 Å². The highest BCUT2D eigenvalue weighted by atomic mass is 32.2. The van der Waals surface area contributed by atoms with Gasteiger partial charge in [-0.1, -0.05) is 24.1 Å². The third-order valence-electron chi connectivity index (χ3n) is 5.07. The predicted octanol–water partition coefficient (Wildman–Crippen LogP) is 3.97. The van der Waals surface area contributed by atoms with E-state index in [1.165, 1.54) is 4.31 Å². The van der Waals surface area contributed by atoms with Gasteiger partial charge in [-0.2, -0.15) is 4.31 Å². The number of sulfonamides is 1. The van der Waals surface area contributed by atoms with E-state index in [-0.39, 0.29) is 23.3 Å². The van der Waals surface area contributed by atoms with Crippen LogP contribution in [0.2, 0.25) is 0 Å². The van der Waals surface area contributed by atoms with Crippen LogP contribution < -0.4 is 10.1 Å². The van der Waals surface area contributed by atoms with Crippen LogP contribution in [0.1, 0.15) is 38.2 Å². The molecule has 1 saturated heterocycles. The van der Waals surface area contributed by atoms with Crippen molar-refractivity contribution in [2.75, 3.05) is 18.5 Å². The summed E-state index contributed by atoms with van der Waals surface area (Å²) in [5.41, 5.74) is 1.68. The van der Waals surface area contributed by atoms with Gasteiger partial charge in [-0.05, 0) is 63.1 Å². The van der Waals surface area contributed by atoms with E-state index in [0.29, 0.717) is 25.3 Å². The summed E-state index contributed by atoms with van der Waals surface area (Å²) in [5, 5.41) is 2.86. The van der Waals surface area contributed by atoms with E-state index < -0.39 is 10.0 Å². The van der Waals surface area contributed by atoms with Gasteiger partial charge in [0.2, 0.25) is 15.9 Å². The molecule has 1 amide bonds. The van der Waals surface area contributed by atoms with Gasteiger partial charge in [0.25, 0.3) is 0 Å². The average Bonchev–Trinajstić information content (AvgIpc) is 2.70. The van der Waals surface area contributed by atoms with Crippen molar-refractivity contribution in [2.45, 2.75) is 50.5 Å². The van der Waals surface area contributed by atoms with E-state index in [0.717, 1.165) is 24.2 Å². The predicted molar refractivity (Wildman–Crippen MR) is 114 cm³/mol. The first-order valence-electron chi connectivity index (χ1n) is 10.0. The number of ether oxygens (including phenoxy) is 1. The number of carbonyl (C=O) groups is 1. The number of nitrogens with zero attached hydrogens (tertiary/aromatic N) is 1. The molecule has 3 rings (SSSR count). The SMILES string of the molecule is CCOc1ccc(NC(=O)CC2CCCCN2S(=O)(=O)c2ccc(C)cc2)cc1. The Morgan fingerprint density at radius 1 is 1.10 bits per heavy atom. The van der Waals surface area contributed by atoms with Crippen molar-refractivity contribution in [3.05, 3.63) is 54.1 Å². The van der Waals surface area contributed by atoms with Gasteiger partial charge in [0.05, 0.1) is 11.5 Å². The summed E-state index contributed by atoms with van der Waals surface area (Å²) in [6.45, 7) is 4.86. The van der Waals surface area contributed by atoms with Gasteiger partial charge in [0.15, 0.2) is 0 Å². The molecule has 0 spiro atoms. The molecular formula is C22H28N2O4S. The van der Waals surface area contributed by atoms with Crippen LogP contribution in [0, 0.1) is 6.92 Å². The highest BCUT2D eigenvalue weighted by molar-refractivity contribution is 7.89. The first-order chi connectivity index (χ1) is 13.9. The number of nitrogens with one attached hydrogen (secondary N) is 1. The molecule has 0 saturated carbocycles. The van der Waals surface area contributed by atoms with Crippen molar-refractivity contribution in [2.24, 2.45) is 0 Å². The molecule has 0 aliphatic carbocycles. The van der Waals surface area contributed by atoms with Crippen molar-refractivity contribution >= 4 is 21.6 Å². The van der Waals surface area contributed by atoms with Crippen LogP contribution in [0.3, 0.4) is 0 Å². The van der Waals surface area contributed by atoms with Crippen LogP contribution in [0.4, 0.5) is 5.69 Å². The smallest absolute Gasteiger partial charge is 0.243 e. The lowest BCUT2D eigenvalue weighted by Gasteiger charge is -2.34. The largest absolute Gasteiger partial charge is 0.494 e. The van der Waals surface area contributed by atoms with Crippen molar-refractivity contribution in [3.63, 3.8) is 0 Å². The fraction of sp³-hybridized carbons (Fsp3) is 0.409. The molecule has 29 heavy (non-hydrogen) atoms. The molecule has 1 aliphatic heterocycles. The molecule has 1 N–H and O–H groups in total. The number of hydrogen-bond donors (Lipinski definition) is 1. The molecule has 1 heterocycles. The van der Waals surface area contributed by atoms with Crippen LogP contribution in [0.25, 0.3) is 0 Å². The van der Waals surface area contributed by atoms with Crippen LogP contribution >= 0.6 is 0 Å². The second-order valence-corrected chi connectivity index (χ2v) is 9.18. The zero-order chi connectivity index (χ0) is 20.9. The first-order valence-corrected chi connectivity index (χ1v) is 11.5. The zero-order valence-electron chi connectivity index (χ0n) is 16.9. The van der Waals surface area contributed by atoms with Gasteiger partial charge >= 0.3 is 0 Å². The molecule has 156 valence electrons. The number of rotatable bonds is 7. The summed E-state index contributed by atoms with van der Waals surface area (Å²) in [6.07, 6.45) is 2.54. The Balaban J connectivity index is 1.69. The summed E-state index contributed by atoms with van der Waals surface area (Å²) < 4.78 is 33.2. The number of amides is 1. The monoisotopic (exact) mass is 416 g/mol. The molecule has 0 radical (unpaired) electrons. The zero-order valence-corrected chi connectivity index (χ0v) is 17.7. The topological polar surface area (TPSA) is 75.7 Å². The second-order valence-electron chi connectivity index (χ2n) is 7.29. The lowest BCUT2D eigenvalue weighted by Crippen LogP contribution is -2.45. The highest BCUT2D eigenvalue weighted by Gasteiger charge is 2.34. The molecule has 2 aromatic rings. The number of anilines is 1. The van der Waals surface area contributed by atoms with Crippen molar-refractivity contribution in [3.8, 4) is 5.75 Å². The molecule has 6 nitrogen and oxygen atoms in total. The van der Waals surface area contributed by atoms with Gasteiger partial charge < -0.3 is 10.1 Å². The van der Waals surface area contributed by atoms with E-state index in [9.17, 15) is 13.2 Å². The third-order valence-corrected chi connectivity index (χ3v) is 7.04. The molecule has 1 fully saturated rings. The maximum Gasteiger partial charge on any atom is 0.243 e. The van der Waals surface area contributed by atoms with Gasteiger partial charge in [0, 0.05) is 24.7 Å². The quantitative estimate of drug-likeness (QED) is 0.741. The summed E-state index contributed by atoms with van der Waals surface area (Å²) in [6, 6.07) is 13.7. The van der Waals surface area contributed by atoms with Crippen LogP contribution in [-0.4, -0.2) is 37.8 Å². The second kappa shape index (κ2) is 9.41. The molecule has 0 aromatic heterocycles. The van der Waals surface area contributed by atoms with Crippen molar-refractivity contribution in [1.82, 2.24) is 4.31 Å². The number of benzene rings is 2. The fourth-order valence-corrected chi connectivity index (χ4v) is 5.26. The van der Waals surface area contributed by atoms with Crippen LogP contribution in [0.5, 0.6) is 5.75 Å². The maximum absolute atomic E-state index is 13.1. The van der Waals surface area contributed by atoms with Gasteiger partial charge in [-0.3, -0.25) is 4.79 Å². The average molecular weight is 417 g/mol. The first kappa shape index (κ1) is 21.3. The highest BCUT2D eigenvalue weighted by Crippen LogP contribution is 2.27. The van der Waals surface area contributed by atoms with Gasteiger partial charge in [-0.15, -0.1) is 0 Å². The molecule has 7 heteroatoms. The minimum atomic E-state index is -3.62. The maximum atomic E-state index is 13.1. The summed E-state index contributed by atoms with van der Waals surface area (Å²) in [5.74, 6) is 0.554. The summed E-state index contributed by atoms with van der Waals surface area (Å²) in [4.78, 5) is 12.9. The Labute approximate surface area is 172 Å². The van der Waals surface area contributed by atoms with Crippen LogP contribution in [-0.2, 0) is 14.8 Å². The number of aryl methyl sites for hydroxylation is 1. The minimum absolute atomic E-state index is 0.137. The van der Waals surface area contributed by atoms with Gasteiger partial charge in [0.1, 0.15) is 5.75 Å². The number of piperidine rings is 1. The van der Waals surface area contributed by atoms with E-state index in [1.54, 1.807) is 48.5 Å². The molecule has 0 bridgehead atoms. The standard InChI is InChI=1S/C22H28N2O4S/c1-3-28-20-11-9-18(10-12-20)23-22(25)16-19-6-4-5-15-24(19)29(26,27)21-13-7-17(2)8-14-21/h7-14,19H,3-6,15-16H2,1-2H3,(H,23,25). The molecule has 2 aromatic carbocycles. The van der Waals surface area contributed by atoms with Crippen molar-refractivity contribution in [1.29, 1.82) is 0 Å². The van der Waals surface area contributed by atoms with Gasteiger partial charge in [-0.25, -0.2) is 8.42 Å². The molecule has 1 unspecified atom stereocenters. The molecule has 1 atom stereocenters. The van der Waals surface area contributed by atoms with E-state index in [2.05, 4.69) is 5.32 Å².